The smallest absolute Gasteiger partial charge is 0.293 e. The normalized spacial score (nSPS) is 16.6. The maximum Gasteiger partial charge on any atom is 0.293 e. The molecule has 2 heterocycles. The van der Waals surface area contributed by atoms with Gasteiger partial charge in [0.25, 0.3) is 5.69 Å². The van der Waals surface area contributed by atoms with Crippen LogP contribution in [0.1, 0.15) is 17.6 Å². The van der Waals surface area contributed by atoms with Gasteiger partial charge in [0.15, 0.2) is 9.84 Å². The van der Waals surface area contributed by atoms with Crippen molar-refractivity contribution in [1.29, 1.82) is 0 Å². The van der Waals surface area contributed by atoms with Crippen LogP contribution in [-0.4, -0.2) is 57.3 Å². The zero-order chi connectivity index (χ0) is 20.3. The van der Waals surface area contributed by atoms with E-state index in [0.717, 1.165) is 36.9 Å². The van der Waals surface area contributed by atoms with E-state index in [2.05, 4.69) is 10.2 Å². The highest BCUT2D eigenvalue weighted by atomic mass is 32.2. The monoisotopic (exact) mass is 409 g/mol. The number of rotatable bonds is 7. The topological polar surface area (TPSA) is 115 Å². The fourth-order valence-electron chi connectivity index (χ4n) is 3.18. The van der Waals surface area contributed by atoms with Gasteiger partial charge in [-0.05, 0) is 31.2 Å². The average molecular weight is 409 g/mol. The van der Waals surface area contributed by atoms with E-state index in [1.165, 1.54) is 12.1 Å². The molecular formula is C18H23N3O6S. The molecule has 1 fully saturated rings. The molecule has 0 saturated carbocycles. The lowest BCUT2D eigenvalue weighted by Gasteiger charge is -2.33. The van der Waals surface area contributed by atoms with Crippen LogP contribution in [0, 0.1) is 17.0 Å². The van der Waals surface area contributed by atoms with Crippen LogP contribution < -0.4 is 5.32 Å². The highest BCUT2D eigenvalue weighted by Gasteiger charge is 2.26. The third-order valence-electron chi connectivity index (χ3n) is 4.66. The van der Waals surface area contributed by atoms with Gasteiger partial charge in [0, 0.05) is 32.0 Å². The van der Waals surface area contributed by atoms with E-state index in [0.29, 0.717) is 19.8 Å². The van der Waals surface area contributed by atoms with Crippen LogP contribution in [0.5, 0.6) is 0 Å². The zero-order valence-electron chi connectivity index (χ0n) is 15.8. The Labute approximate surface area is 163 Å². The second-order valence-corrected chi connectivity index (χ2v) is 8.72. The first-order valence-corrected chi connectivity index (χ1v) is 10.8. The maximum absolute atomic E-state index is 11.7. The van der Waals surface area contributed by atoms with Crippen molar-refractivity contribution in [2.45, 2.75) is 17.9 Å². The number of nitrogens with one attached hydrogen (secondary N) is 1. The molecule has 0 unspecified atom stereocenters. The van der Waals surface area contributed by atoms with Gasteiger partial charge in [-0.2, -0.15) is 0 Å². The van der Waals surface area contributed by atoms with Gasteiger partial charge in [0.2, 0.25) is 0 Å². The van der Waals surface area contributed by atoms with Gasteiger partial charge in [-0.25, -0.2) is 8.42 Å². The van der Waals surface area contributed by atoms with Crippen LogP contribution >= 0.6 is 0 Å². The first kappa shape index (κ1) is 20.3. The number of nitro groups is 1. The molecule has 152 valence electrons. The quantitative estimate of drug-likeness (QED) is 0.547. The predicted molar refractivity (Wildman–Crippen MR) is 103 cm³/mol. The number of aryl methyl sites for hydroxylation is 1. The van der Waals surface area contributed by atoms with E-state index in [-0.39, 0.29) is 22.3 Å². The molecule has 1 N–H and O–H groups in total. The summed E-state index contributed by atoms with van der Waals surface area (Å²) < 4.78 is 34.6. The Balaban J connectivity index is 1.85. The second-order valence-electron chi connectivity index (χ2n) is 6.70. The van der Waals surface area contributed by atoms with Crippen molar-refractivity contribution < 1.29 is 22.5 Å². The Kier molecular flexibility index (Phi) is 6.01. The molecule has 10 heteroatoms. The Bertz CT molecular complexity index is 950. The highest BCUT2D eigenvalue weighted by molar-refractivity contribution is 7.90. The summed E-state index contributed by atoms with van der Waals surface area (Å²) in [6, 6.07) is 7.53. The molecule has 1 saturated heterocycles. The van der Waals surface area contributed by atoms with Crippen molar-refractivity contribution in [3.63, 3.8) is 0 Å². The molecule has 0 radical (unpaired) electrons. The summed E-state index contributed by atoms with van der Waals surface area (Å²) in [6.45, 7) is 4.90. The molecule has 0 amide bonds. The van der Waals surface area contributed by atoms with E-state index in [9.17, 15) is 18.5 Å². The summed E-state index contributed by atoms with van der Waals surface area (Å²) in [5.41, 5.74) is -0.0155. The summed E-state index contributed by atoms with van der Waals surface area (Å²) >= 11 is 0. The molecule has 1 aromatic carbocycles. The van der Waals surface area contributed by atoms with Crippen LogP contribution in [0.4, 0.5) is 11.4 Å². The molecule has 9 nitrogen and oxygen atoms in total. The van der Waals surface area contributed by atoms with E-state index >= 15 is 0 Å². The van der Waals surface area contributed by atoms with Crippen LogP contribution in [0.25, 0.3) is 0 Å². The maximum atomic E-state index is 11.7. The van der Waals surface area contributed by atoms with E-state index in [1.54, 1.807) is 0 Å². The highest BCUT2D eigenvalue weighted by Crippen LogP contribution is 2.30. The molecule has 1 aliphatic heterocycles. The van der Waals surface area contributed by atoms with E-state index in [4.69, 9.17) is 9.15 Å². The van der Waals surface area contributed by atoms with Gasteiger partial charge >= 0.3 is 0 Å². The molecule has 3 rings (SSSR count). The Morgan fingerprint density at radius 1 is 1.25 bits per heavy atom. The fourth-order valence-corrected chi connectivity index (χ4v) is 3.82. The number of ether oxygens (including phenoxy) is 1. The van der Waals surface area contributed by atoms with Crippen LogP contribution in [-0.2, 0) is 14.6 Å². The van der Waals surface area contributed by atoms with Crippen molar-refractivity contribution in [2.75, 3.05) is 44.4 Å². The largest absolute Gasteiger partial charge is 0.465 e. The molecule has 0 aliphatic carbocycles. The minimum atomic E-state index is -3.53. The number of nitro benzene ring substituents is 1. The number of hydrogen-bond acceptors (Lipinski definition) is 8. The van der Waals surface area contributed by atoms with Crippen molar-refractivity contribution in [3.05, 3.63) is 52.0 Å². The number of morpholine rings is 1. The molecule has 0 spiro atoms. The molecule has 1 atom stereocenters. The number of nitrogens with zero attached hydrogens (tertiary/aromatic N) is 2. The van der Waals surface area contributed by atoms with E-state index < -0.39 is 14.8 Å². The minimum Gasteiger partial charge on any atom is -0.465 e. The first-order chi connectivity index (χ1) is 13.3. The Morgan fingerprint density at radius 3 is 2.54 bits per heavy atom. The number of sulfone groups is 1. The summed E-state index contributed by atoms with van der Waals surface area (Å²) in [4.78, 5) is 13.0. The van der Waals surface area contributed by atoms with Gasteiger partial charge in [0.05, 0.1) is 29.1 Å². The number of furan rings is 1. The Hall–Kier alpha value is -2.43. The summed E-state index contributed by atoms with van der Waals surface area (Å²) in [6.07, 6.45) is 1.02. The third-order valence-corrected chi connectivity index (χ3v) is 5.77. The van der Waals surface area contributed by atoms with Crippen molar-refractivity contribution >= 4 is 21.2 Å². The van der Waals surface area contributed by atoms with Gasteiger partial charge < -0.3 is 14.5 Å². The summed E-state index contributed by atoms with van der Waals surface area (Å²) in [5.74, 6) is 1.55. The minimum absolute atomic E-state index is 0.0869. The van der Waals surface area contributed by atoms with Crippen LogP contribution in [0.15, 0.2) is 39.6 Å². The molecule has 1 aliphatic rings. The standard InChI is InChI=1S/C18H23N3O6S/c1-13-3-6-18(27-13)17(20-7-9-26-10-8-20)12-19-15-5-4-14(28(2,24)25)11-16(15)21(22)23/h3-6,11,17,19H,7-10,12H2,1-2H3/t17-/m1/s1. The average Bonchev–Trinajstić information content (AvgIpc) is 3.08. The third kappa shape index (κ3) is 4.70. The molecule has 2 aromatic rings. The van der Waals surface area contributed by atoms with Crippen molar-refractivity contribution in [1.82, 2.24) is 4.90 Å². The predicted octanol–water partition coefficient (Wildman–Crippen LogP) is 2.39. The van der Waals surface area contributed by atoms with E-state index in [1.807, 2.05) is 19.1 Å². The molecule has 1 aromatic heterocycles. The lowest BCUT2D eigenvalue weighted by molar-refractivity contribution is -0.384. The van der Waals surface area contributed by atoms with Gasteiger partial charge in [0.1, 0.15) is 17.2 Å². The van der Waals surface area contributed by atoms with Gasteiger partial charge in [-0.3, -0.25) is 15.0 Å². The SMILES string of the molecule is Cc1ccc([C@@H](CNc2ccc(S(C)(=O)=O)cc2[N+](=O)[O-])N2CCOCC2)o1. The van der Waals surface area contributed by atoms with Crippen molar-refractivity contribution in [3.8, 4) is 0 Å². The molecular weight excluding hydrogens is 386 g/mol. The fraction of sp³-hybridized carbons (Fsp3) is 0.444. The summed E-state index contributed by atoms with van der Waals surface area (Å²) in [7, 11) is -3.53. The van der Waals surface area contributed by atoms with Crippen molar-refractivity contribution in [2.24, 2.45) is 0 Å². The van der Waals surface area contributed by atoms with Gasteiger partial charge in [-0.15, -0.1) is 0 Å². The first-order valence-electron chi connectivity index (χ1n) is 8.86. The van der Waals surface area contributed by atoms with Gasteiger partial charge in [-0.1, -0.05) is 0 Å². The lowest BCUT2D eigenvalue weighted by atomic mass is 10.1. The zero-order valence-corrected chi connectivity index (χ0v) is 16.6. The number of hydrogen-bond donors (Lipinski definition) is 1. The second kappa shape index (κ2) is 8.29. The number of anilines is 1. The van der Waals surface area contributed by atoms with Crippen LogP contribution in [0.3, 0.4) is 0 Å². The summed E-state index contributed by atoms with van der Waals surface area (Å²) in [5, 5.41) is 14.5. The van der Waals surface area contributed by atoms with Crippen LogP contribution in [0.2, 0.25) is 0 Å². The molecule has 28 heavy (non-hydrogen) atoms. The number of benzene rings is 1. The molecule has 0 bridgehead atoms. The lowest BCUT2D eigenvalue weighted by Crippen LogP contribution is -2.41. The Morgan fingerprint density at radius 2 is 1.96 bits per heavy atom.